The summed E-state index contributed by atoms with van der Waals surface area (Å²) in [6, 6.07) is 0. The molecule has 79 heavy (non-hydrogen) atoms. The molecule has 0 aromatic carbocycles. The number of unbranched alkanes of at least 4 members (excludes halogenated alkanes) is 11. The largest absolute Gasteiger partial charge is 0.462 e. The lowest BCUT2D eigenvalue weighted by Gasteiger charge is -2.18. The minimum Gasteiger partial charge on any atom is -0.462 e. The van der Waals surface area contributed by atoms with Gasteiger partial charge in [-0.25, -0.2) is 0 Å². The van der Waals surface area contributed by atoms with Crippen LogP contribution in [-0.2, 0) is 28.6 Å². The molecule has 0 spiro atoms. The summed E-state index contributed by atoms with van der Waals surface area (Å²) < 4.78 is 16.7. The van der Waals surface area contributed by atoms with Gasteiger partial charge in [-0.3, -0.25) is 14.4 Å². The number of carbonyl (C=O) groups is 3. The van der Waals surface area contributed by atoms with Gasteiger partial charge in [0.25, 0.3) is 0 Å². The van der Waals surface area contributed by atoms with Crippen molar-refractivity contribution >= 4 is 17.9 Å². The van der Waals surface area contributed by atoms with Gasteiger partial charge in [0.1, 0.15) is 13.2 Å². The zero-order valence-corrected chi connectivity index (χ0v) is 50.0. The molecule has 0 aliphatic rings. The van der Waals surface area contributed by atoms with Crippen LogP contribution in [0.3, 0.4) is 0 Å². The lowest BCUT2D eigenvalue weighted by atomic mass is 10.1. The Bertz CT molecular complexity index is 1920. The number of hydrogen-bond donors (Lipinski definition) is 0. The molecule has 0 saturated heterocycles. The summed E-state index contributed by atoms with van der Waals surface area (Å²) in [6.07, 6.45) is 98.9. The van der Waals surface area contributed by atoms with Crippen molar-refractivity contribution in [1.29, 1.82) is 0 Å². The van der Waals surface area contributed by atoms with Crippen molar-refractivity contribution in [3.8, 4) is 0 Å². The maximum atomic E-state index is 12.8. The Hall–Kier alpha value is -5.75. The molecule has 1 unspecified atom stereocenters. The quantitative estimate of drug-likeness (QED) is 0.0261. The summed E-state index contributed by atoms with van der Waals surface area (Å²) in [5.41, 5.74) is 0. The molecule has 6 heteroatoms. The van der Waals surface area contributed by atoms with Crippen molar-refractivity contribution in [1.82, 2.24) is 0 Å². The lowest BCUT2D eigenvalue weighted by molar-refractivity contribution is -0.166. The molecule has 6 nitrogen and oxygen atoms in total. The van der Waals surface area contributed by atoms with E-state index in [1.165, 1.54) is 6.42 Å². The molecule has 0 saturated carbocycles. The molecule has 0 amide bonds. The highest BCUT2D eigenvalue weighted by atomic mass is 16.6. The van der Waals surface area contributed by atoms with Gasteiger partial charge in [0.05, 0.1) is 6.42 Å². The van der Waals surface area contributed by atoms with E-state index in [0.29, 0.717) is 19.3 Å². The highest BCUT2D eigenvalue weighted by Gasteiger charge is 2.19. The van der Waals surface area contributed by atoms with Gasteiger partial charge in [0.15, 0.2) is 6.10 Å². The van der Waals surface area contributed by atoms with E-state index in [-0.39, 0.29) is 31.6 Å². The highest BCUT2D eigenvalue weighted by Crippen LogP contribution is 2.12. The predicted molar refractivity (Wildman–Crippen MR) is 343 cm³/mol. The van der Waals surface area contributed by atoms with E-state index in [4.69, 9.17) is 14.2 Å². The first-order valence-corrected chi connectivity index (χ1v) is 30.9. The number of hydrogen-bond acceptors (Lipinski definition) is 6. The zero-order valence-electron chi connectivity index (χ0n) is 50.0. The number of rotatable bonds is 53. The molecule has 0 aliphatic heterocycles. The van der Waals surface area contributed by atoms with E-state index in [9.17, 15) is 14.4 Å². The van der Waals surface area contributed by atoms with Gasteiger partial charge < -0.3 is 14.2 Å². The normalized spacial score (nSPS) is 13.5. The average Bonchev–Trinajstić information content (AvgIpc) is 3.45. The number of carbonyl (C=O) groups excluding carboxylic acids is 3. The van der Waals surface area contributed by atoms with Crippen LogP contribution in [0.25, 0.3) is 0 Å². The van der Waals surface area contributed by atoms with Crippen LogP contribution in [0.4, 0.5) is 0 Å². The van der Waals surface area contributed by atoms with Crippen LogP contribution in [0.15, 0.2) is 194 Å². The fourth-order valence-electron chi connectivity index (χ4n) is 7.55. The van der Waals surface area contributed by atoms with Crippen molar-refractivity contribution in [2.75, 3.05) is 13.2 Å². The Kier molecular flexibility index (Phi) is 60.1. The van der Waals surface area contributed by atoms with Gasteiger partial charge >= 0.3 is 17.9 Å². The Morgan fingerprint density at radius 1 is 0.278 bits per heavy atom. The van der Waals surface area contributed by atoms with Gasteiger partial charge in [-0.2, -0.15) is 0 Å². The van der Waals surface area contributed by atoms with Crippen molar-refractivity contribution in [2.45, 2.75) is 232 Å². The molecule has 0 fully saturated rings. The third-order valence-corrected chi connectivity index (χ3v) is 12.1. The van der Waals surface area contributed by atoms with E-state index in [1.807, 2.05) is 6.08 Å². The molecule has 0 rings (SSSR count). The summed E-state index contributed by atoms with van der Waals surface area (Å²) in [4.78, 5) is 38.1. The van der Waals surface area contributed by atoms with Crippen LogP contribution >= 0.6 is 0 Å². The van der Waals surface area contributed by atoms with Crippen LogP contribution in [0.2, 0.25) is 0 Å². The molecule has 1 atom stereocenters. The predicted octanol–water partition coefficient (Wildman–Crippen LogP) is 21.4. The van der Waals surface area contributed by atoms with E-state index in [2.05, 4.69) is 203 Å². The third-order valence-electron chi connectivity index (χ3n) is 12.1. The second kappa shape index (κ2) is 64.8. The standard InChI is InChI=1S/C73H110O6/c1-4-7-10-13-16-19-22-25-27-28-29-30-31-32-33-34-35-36-37-38-39-40-41-42-43-44-46-48-51-54-57-60-63-66-72(75)78-69-70(68-77-71(74)65-62-59-56-53-50-47-24-21-18-15-12-9-6-3)79-73(76)67-64-61-58-55-52-49-45-26-23-20-17-14-11-8-5-2/h7-8,10-12,15-17,19-21,24-27,29-30,32-33,35-36,38-39,41-42,44-46,52,55,61,64,70H,4-6,9,13-14,18,22-23,28,31,34,37,40,43,47-51,53-54,56-60,62-63,65-69H2,1-3H3/b10-7-,11-8-,15-12-,19-16-,20-17-,24-21-,27-25-,30-29-,33-32-,36-35-,39-38-,42-41-,45-26-,46-44-,55-52-,64-61-. The van der Waals surface area contributed by atoms with Crippen LogP contribution in [0.5, 0.6) is 0 Å². The molecule has 0 radical (unpaired) electrons. The van der Waals surface area contributed by atoms with Crippen molar-refractivity contribution < 1.29 is 28.6 Å². The molecule has 438 valence electrons. The van der Waals surface area contributed by atoms with E-state index in [1.54, 1.807) is 6.08 Å². The SMILES string of the molecule is CC/C=C\C/C=C\C/C=C\C/C=C\C/C=C\C/C=C\C/C=C\C/C=C\C/C=C\CCCCCCCC(=O)OCC(COC(=O)CCCCCCC/C=C\C/C=C\CCC)OC(=O)C/C=C\C/C=C\C/C=C\C/C=C\C/C=C\CC. The summed E-state index contributed by atoms with van der Waals surface area (Å²) in [5, 5.41) is 0. The molecule has 0 aromatic heterocycles. The second-order valence-corrected chi connectivity index (χ2v) is 19.5. The van der Waals surface area contributed by atoms with Gasteiger partial charge in [0, 0.05) is 12.8 Å². The third kappa shape index (κ3) is 63.0. The zero-order chi connectivity index (χ0) is 57.1. The molecular weight excluding hydrogens is 973 g/mol. The number of ether oxygens (including phenoxy) is 3. The van der Waals surface area contributed by atoms with E-state index in [0.717, 1.165) is 173 Å². The smallest absolute Gasteiger partial charge is 0.310 e. The summed E-state index contributed by atoms with van der Waals surface area (Å²) in [5.74, 6) is -1.12. The minimum atomic E-state index is -0.858. The molecular formula is C73H110O6. The summed E-state index contributed by atoms with van der Waals surface area (Å²) in [7, 11) is 0. The Labute approximate surface area is 484 Å². The Morgan fingerprint density at radius 3 is 0.835 bits per heavy atom. The van der Waals surface area contributed by atoms with Gasteiger partial charge in [0.2, 0.25) is 0 Å². The topological polar surface area (TPSA) is 78.9 Å². The van der Waals surface area contributed by atoms with Gasteiger partial charge in [-0.05, 0) is 141 Å². The first-order valence-electron chi connectivity index (χ1n) is 30.9. The number of allylic oxidation sites excluding steroid dienone is 31. The lowest BCUT2D eigenvalue weighted by Crippen LogP contribution is -2.30. The van der Waals surface area contributed by atoms with Crippen LogP contribution in [0, 0.1) is 0 Å². The maximum absolute atomic E-state index is 12.8. The first kappa shape index (κ1) is 73.2. The number of esters is 3. The second-order valence-electron chi connectivity index (χ2n) is 19.5. The summed E-state index contributed by atoms with van der Waals surface area (Å²) >= 11 is 0. The van der Waals surface area contributed by atoms with E-state index < -0.39 is 12.1 Å². The van der Waals surface area contributed by atoms with Crippen molar-refractivity contribution in [3.63, 3.8) is 0 Å². The Morgan fingerprint density at radius 2 is 0.532 bits per heavy atom. The first-order chi connectivity index (χ1) is 39.0. The van der Waals surface area contributed by atoms with Crippen LogP contribution < -0.4 is 0 Å². The van der Waals surface area contributed by atoms with Crippen LogP contribution in [-0.4, -0.2) is 37.2 Å². The molecule has 0 aliphatic carbocycles. The fourth-order valence-corrected chi connectivity index (χ4v) is 7.55. The van der Waals surface area contributed by atoms with Crippen molar-refractivity contribution in [2.24, 2.45) is 0 Å². The fraction of sp³-hybridized carbons (Fsp3) is 0.521. The monoisotopic (exact) mass is 1080 g/mol. The maximum Gasteiger partial charge on any atom is 0.310 e. The van der Waals surface area contributed by atoms with Gasteiger partial charge in [-0.1, -0.05) is 260 Å². The Balaban J connectivity index is 4.42. The van der Waals surface area contributed by atoms with Gasteiger partial charge in [-0.15, -0.1) is 0 Å². The summed E-state index contributed by atoms with van der Waals surface area (Å²) in [6.45, 7) is 6.21. The minimum absolute atomic E-state index is 0.0790. The van der Waals surface area contributed by atoms with Crippen LogP contribution in [0.1, 0.15) is 226 Å². The van der Waals surface area contributed by atoms with E-state index >= 15 is 0 Å². The molecule has 0 bridgehead atoms. The molecule has 0 N–H and O–H groups in total. The molecule has 0 aromatic rings. The van der Waals surface area contributed by atoms with Crippen molar-refractivity contribution in [3.05, 3.63) is 194 Å². The molecule has 0 heterocycles. The highest BCUT2D eigenvalue weighted by molar-refractivity contribution is 5.72. The average molecular weight is 1080 g/mol.